The van der Waals surface area contributed by atoms with Gasteiger partial charge in [-0.1, -0.05) is 25.8 Å². The summed E-state index contributed by atoms with van der Waals surface area (Å²) in [5.41, 5.74) is -0.494. The van der Waals surface area contributed by atoms with Gasteiger partial charge in [-0.3, -0.25) is 0 Å². The first kappa shape index (κ1) is 15.9. The Kier molecular flexibility index (Phi) is 3.89. The van der Waals surface area contributed by atoms with Gasteiger partial charge in [-0.05, 0) is 32.0 Å². The fourth-order valence-corrected chi connectivity index (χ4v) is 2.04. The number of benzene rings is 1. The summed E-state index contributed by atoms with van der Waals surface area (Å²) in [6.07, 6.45) is 7.15. The summed E-state index contributed by atoms with van der Waals surface area (Å²) < 4.78 is 11.1. The fraction of sp³-hybridized carbons (Fsp3) is 0.316. The van der Waals surface area contributed by atoms with Crippen molar-refractivity contribution < 1.29 is 9.15 Å². The lowest BCUT2D eigenvalue weighted by Crippen LogP contribution is -2.25. The van der Waals surface area contributed by atoms with Crippen LogP contribution in [-0.2, 0) is 5.41 Å². The number of hydrogen-bond donors (Lipinski definition) is 0. The number of terminal acetylenes is 1. The van der Waals surface area contributed by atoms with Crippen LogP contribution >= 0.6 is 0 Å². The monoisotopic (exact) mass is 296 g/mol. The molecule has 0 saturated carbocycles. The predicted molar refractivity (Wildman–Crippen MR) is 89.2 cm³/mol. The molecule has 0 N–H and O–H groups in total. The summed E-state index contributed by atoms with van der Waals surface area (Å²) in [4.78, 5) is 12.2. The SMILES string of the molecule is C#CC(C)(C)Oc1ccc2cc(C(C)(C)C=C)c(=O)oc2c1. The lowest BCUT2D eigenvalue weighted by molar-refractivity contribution is 0.172. The summed E-state index contributed by atoms with van der Waals surface area (Å²) >= 11 is 0. The van der Waals surface area contributed by atoms with Gasteiger partial charge in [-0.15, -0.1) is 13.0 Å². The van der Waals surface area contributed by atoms with Gasteiger partial charge in [0.05, 0.1) is 0 Å². The van der Waals surface area contributed by atoms with Crippen LogP contribution in [0.15, 0.2) is 46.1 Å². The van der Waals surface area contributed by atoms with Gasteiger partial charge in [0.2, 0.25) is 0 Å². The van der Waals surface area contributed by atoms with Crippen molar-refractivity contribution in [2.24, 2.45) is 0 Å². The first-order valence-electron chi connectivity index (χ1n) is 7.07. The molecule has 0 unspecified atom stereocenters. The van der Waals surface area contributed by atoms with Gasteiger partial charge in [0.25, 0.3) is 0 Å². The van der Waals surface area contributed by atoms with Crippen LogP contribution in [0.5, 0.6) is 5.75 Å². The van der Waals surface area contributed by atoms with Crippen molar-refractivity contribution >= 4 is 11.0 Å². The van der Waals surface area contributed by atoms with Crippen molar-refractivity contribution in [1.82, 2.24) is 0 Å². The van der Waals surface area contributed by atoms with Crippen molar-refractivity contribution in [1.29, 1.82) is 0 Å². The standard InChI is InChI=1S/C19H20O3/c1-7-18(3,4)15-11-13-9-10-14(22-19(5,6)8-2)12-16(13)21-17(15)20/h2,7,9-12H,1H2,3-6H3. The van der Waals surface area contributed by atoms with E-state index >= 15 is 0 Å². The first-order valence-corrected chi connectivity index (χ1v) is 7.07. The van der Waals surface area contributed by atoms with Crippen LogP contribution in [-0.4, -0.2) is 5.60 Å². The third kappa shape index (κ3) is 3.07. The van der Waals surface area contributed by atoms with Crippen molar-refractivity contribution in [3.8, 4) is 18.1 Å². The Hall–Kier alpha value is -2.47. The third-order valence-corrected chi connectivity index (χ3v) is 3.63. The lowest BCUT2D eigenvalue weighted by Gasteiger charge is -2.21. The fourth-order valence-electron chi connectivity index (χ4n) is 2.04. The number of hydrogen-bond acceptors (Lipinski definition) is 3. The minimum atomic E-state index is -0.723. The van der Waals surface area contributed by atoms with Gasteiger partial charge in [0, 0.05) is 22.4 Å². The van der Waals surface area contributed by atoms with Crippen molar-refractivity contribution in [2.75, 3.05) is 0 Å². The maximum Gasteiger partial charge on any atom is 0.340 e. The van der Waals surface area contributed by atoms with Gasteiger partial charge in [0.15, 0.2) is 5.60 Å². The van der Waals surface area contributed by atoms with E-state index in [-0.39, 0.29) is 5.63 Å². The Morgan fingerprint density at radius 2 is 1.95 bits per heavy atom. The number of fused-ring (bicyclic) bond motifs is 1. The molecule has 3 heteroatoms. The second-order valence-corrected chi connectivity index (χ2v) is 6.33. The molecule has 114 valence electrons. The zero-order chi connectivity index (χ0) is 16.5. The van der Waals surface area contributed by atoms with Crippen LogP contribution in [0.2, 0.25) is 0 Å². The summed E-state index contributed by atoms with van der Waals surface area (Å²) in [7, 11) is 0. The zero-order valence-electron chi connectivity index (χ0n) is 13.4. The lowest BCUT2D eigenvalue weighted by atomic mass is 9.85. The van der Waals surface area contributed by atoms with Crippen LogP contribution in [0.4, 0.5) is 0 Å². The molecule has 0 aliphatic carbocycles. The molecule has 0 aliphatic rings. The Labute approximate surface area is 130 Å². The highest BCUT2D eigenvalue weighted by Crippen LogP contribution is 2.27. The molecule has 0 fully saturated rings. The highest BCUT2D eigenvalue weighted by molar-refractivity contribution is 5.78. The molecule has 0 bridgehead atoms. The average molecular weight is 296 g/mol. The topological polar surface area (TPSA) is 39.4 Å². The minimum Gasteiger partial charge on any atom is -0.475 e. The highest BCUT2D eigenvalue weighted by atomic mass is 16.5. The van der Waals surface area contributed by atoms with Gasteiger partial charge < -0.3 is 9.15 Å². The molecule has 0 radical (unpaired) electrons. The average Bonchev–Trinajstić information content (AvgIpc) is 2.46. The number of allylic oxidation sites excluding steroid dienone is 1. The Bertz CT molecular complexity index is 817. The minimum absolute atomic E-state index is 0.370. The Morgan fingerprint density at radius 1 is 1.27 bits per heavy atom. The van der Waals surface area contributed by atoms with Gasteiger partial charge in [0.1, 0.15) is 11.3 Å². The molecule has 0 atom stereocenters. The molecule has 22 heavy (non-hydrogen) atoms. The maximum atomic E-state index is 12.2. The van der Waals surface area contributed by atoms with Crippen LogP contribution in [0, 0.1) is 12.3 Å². The largest absolute Gasteiger partial charge is 0.475 e. The molecule has 0 saturated heterocycles. The molecule has 3 nitrogen and oxygen atoms in total. The quantitative estimate of drug-likeness (QED) is 0.485. The van der Waals surface area contributed by atoms with Crippen LogP contribution < -0.4 is 10.4 Å². The molecule has 1 heterocycles. The molecule has 2 aromatic rings. The van der Waals surface area contributed by atoms with Crippen LogP contribution in [0.1, 0.15) is 33.3 Å². The molecular formula is C19H20O3. The van der Waals surface area contributed by atoms with E-state index in [0.29, 0.717) is 16.9 Å². The van der Waals surface area contributed by atoms with E-state index < -0.39 is 11.0 Å². The molecule has 2 rings (SSSR count). The maximum absolute atomic E-state index is 12.2. The molecule has 0 amide bonds. The zero-order valence-corrected chi connectivity index (χ0v) is 13.4. The van der Waals surface area contributed by atoms with E-state index in [1.165, 1.54) is 0 Å². The Balaban J connectivity index is 2.54. The van der Waals surface area contributed by atoms with Crippen molar-refractivity contribution in [2.45, 2.75) is 38.7 Å². The van der Waals surface area contributed by atoms with Gasteiger partial charge in [-0.2, -0.15) is 0 Å². The first-order chi connectivity index (χ1) is 10.2. The summed E-state index contributed by atoms with van der Waals surface area (Å²) in [5.74, 6) is 3.12. The number of ether oxygens (including phenoxy) is 1. The van der Waals surface area contributed by atoms with E-state index in [0.717, 1.165) is 5.39 Å². The van der Waals surface area contributed by atoms with Crippen LogP contribution in [0.3, 0.4) is 0 Å². The predicted octanol–water partition coefficient (Wildman–Crippen LogP) is 4.05. The third-order valence-electron chi connectivity index (χ3n) is 3.63. The molecule has 1 aromatic carbocycles. The summed E-state index contributed by atoms with van der Waals surface area (Å²) in [6.45, 7) is 11.2. The molecule has 1 aromatic heterocycles. The van der Waals surface area contributed by atoms with E-state index in [9.17, 15) is 4.79 Å². The van der Waals surface area contributed by atoms with E-state index in [1.807, 2.05) is 32.0 Å². The summed E-state index contributed by atoms with van der Waals surface area (Å²) in [6, 6.07) is 7.18. The second kappa shape index (κ2) is 5.38. The Morgan fingerprint density at radius 3 is 2.55 bits per heavy atom. The molecular weight excluding hydrogens is 276 g/mol. The summed E-state index contributed by atoms with van der Waals surface area (Å²) in [5, 5.41) is 0.829. The van der Waals surface area contributed by atoms with Gasteiger partial charge >= 0.3 is 5.63 Å². The molecule has 0 spiro atoms. The normalized spacial score (nSPS) is 12.0. The second-order valence-electron chi connectivity index (χ2n) is 6.33. The molecule has 0 aliphatic heterocycles. The van der Waals surface area contributed by atoms with E-state index in [2.05, 4.69) is 12.5 Å². The smallest absolute Gasteiger partial charge is 0.340 e. The highest BCUT2D eigenvalue weighted by Gasteiger charge is 2.22. The van der Waals surface area contributed by atoms with E-state index in [1.54, 1.807) is 26.0 Å². The van der Waals surface area contributed by atoms with Crippen LogP contribution in [0.25, 0.3) is 11.0 Å². The van der Waals surface area contributed by atoms with Crippen molar-refractivity contribution in [3.05, 3.63) is 52.9 Å². The van der Waals surface area contributed by atoms with E-state index in [4.69, 9.17) is 15.6 Å². The number of rotatable bonds is 4. The van der Waals surface area contributed by atoms with Gasteiger partial charge in [-0.25, -0.2) is 4.79 Å². The van der Waals surface area contributed by atoms with Crippen molar-refractivity contribution in [3.63, 3.8) is 0 Å².